The van der Waals surface area contributed by atoms with Crippen molar-refractivity contribution in [2.45, 2.75) is 39.3 Å². The predicted molar refractivity (Wildman–Crippen MR) is 84.1 cm³/mol. The molecule has 1 saturated heterocycles. The lowest BCUT2D eigenvalue weighted by Gasteiger charge is -2.27. The summed E-state index contributed by atoms with van der Waals surface area (Å²) in [5, 5.41) is 3.66. The van der Waals surface area contributed by atoms with Gasteiger partial charge in [-0.3, -0.25) is 0 Å². The molecule has 1 heterocycles. The molecule has 0 amide bonds. The third-order valence-electron chi connectivity index (χ3n) is 3.48. The van der Waals surface area contributed by atoms with Crippen LogP contribution < -0.4 is 10.1 Å². The van der Waals surface area contributed by atoms with Gasteiger partial charge in [0.05, 0.1) is 6.10 Å². The highest BCUT2D eigenvalue weighted by atomic mass is 32.2. The number of para-hydroxylation sites is 1. The molecule has 2 atom stereocenters. The molecule has 1 aliphatic rings. The van der Waals surface area contributed by atoms with Gasteiger partial charge in [-0.25, -0.2) is 0 Å². The van der Waals surface area contributed by atoms with Gasteiger partial charge in [-0.05, 0) is 50.3 Å². The van der Waals surface area contributed by atoms with Crippen LogP contribution in [0, 0.1) is 5.92 Å². The standard InChI is InChI=1S/C16H25NOS/c1-4-17-16(13-9-10-19-11-13)14-7-5-6-8-15(14)18-12(2)3/h5-8,12-13,16-17H,4,9-11H2,1-3H3. The van der Waals surface area contributed by atoms with Crippen molar-refractivity contribution >= 4 is 11.8 Å². The number of ether oxygens (including phenoxy) is 1. The van der Waals surface area contributed by atoms with Gasteiger partial charge in [-0.1, -0.05) is 25.1 Å². The van der Waals surface area contributed by atoms with Gasteiger partial charge in [-0.2, -0.15) is 11.8 Å². The highest BCUT2D eigenvalue weighted by Gasteiger charge is 2.28. The molecule has 1 aromatic rings. The number of benzene rings is 1. The van der Waals surface area contributed by atoms with Crippen LogP contribution in [0.25, 0.3) is 0 Å². The minimum absolute atomic E-state index is 0.223. The molecule has 1 aromatic carbocycles. The third-order valence-corrected chi connectivity index (χ3v) is 4.67. The van der Waals surface area contributed by atoms with E-state index in [1.54, 1.807) is 0 Å². The second kappa shape index (κ2) is 7.20. The van der Waals surface area contributed by atoms with Gasteiger partial charge in [0.2, 0.25) is 0 Å². The smallest absolute Gasteiger partial charge is 0.124 e. The van der Waals surface area contributed by atoms with Crippen LogP contribution in [0.15, 0.2) is 24.3 Å². The van der Waals surface area contributed by atoms with Crippen molar-refractivity contribution in [2.24, 2.45) is 5.92 Å². The summed E-state index contributed by atoms with van der Waals surface area (Å²) >= 11 is 2.07. The van der Waals surface area contributed by atoms with Gasteiger partial charge in [0.25, 0.3) is 0 Å². The lowest BCUT2D eigenvalue weighted by molar-refractivity contribution is 0.235. The second-order valence-corrected chi connectivity index (χ2v) is 6.51. The fraction of sp³-hybridized carbons (Fsp3) is 0.625. The SMILES string of the molecule is CCNC(c1ccccc1OC(C)C)C1CCSC1. The summed E-state index contributed by atoms with van der Waals surface area (Å²) in [5.74, 6) is 4.31. The molecule has 2 rings (SSSR count). The first-order valence-electron chi connectivity index (χ1n) is 7.29. The van der Waals surface area contributed by atoms with Crippen LogP contribution in [-0.4, -0.2) is 24.2 Å². The molecule has 1 aliphatic heterocycles. The highest BCUT2D eigenvalue weighted by Crippen LogP contribution is 2.37. The third kappa shape index (κ3) is 3.90. The Labute approximate surface area is 121 Å². The van der Waals surface area contributed by atoms with E-state index in [1.807, 2.05) is 0 Å². The van der Waals surface area contributed by atoms with Crippen molar-refractivity contribution in [3.63, 3.8) is 0 Å². The predicted octanol–water partition coefficient (Wildman–Crippen LogP) is 3.88. The van der Waals surface area contributed by atoms with Gasteiger partial charge in [0.15, 0.2) is 0 Å². The van der Waals surface area contributed by atoms with Crippen LogP contribution in [0.2, 0.25) is 0 Å². The van der Waals surface area contributed by atoms with Crippen molar-refractivity contribution in [1.29, 1.82) is 0 Å². The van der Waals surface area contributed by atoms with Gasteiger partial charge in [0, 0.05) is 11.6 Å². The second-order valence-electron chi connectivity index (χ2n) is 5.36. The van der Waals surface area contributed by atoms with Crippen LogP contribution >= 0.6 is 11.8 Å². The zero-order chi connectivity index (χ0) is 13.7. The molecule has 1 N–H and O–H groups in total. The van der Waals surface area contributed by atoms with Crippen LogP contribution in [0.1, 0.15) is 38.8 Å². The molecule has 0 aliphatic carbocycles. The highest BCUT2D eigenvalue weighted by molar-refractivity contribution is 7.99. The van der Waals surface area contributed by atoms with Crippen molar-refractivity contribution in [3.05, 3.63) is 29.8 Å². The normalized spacial score (nSPS) is 20.7. The van der Waals surface area contributed by atoms with Gasteiger partial charge in [0.1, 0.15) is 5.75 Å². The summed E-state index contributed by atoms with van der Waals surface area (Å²) in [6.45, 7) is 7.36. The molecule has 0 spiro atoms. The Balaban J connectivity index is 2.24. The van der Waals surface area contributed by atoms with E-state index in [9.17, 15) is 0 Å². The molecular formula is C16H25NOS. The minimum Gasteiger partial charge on any atom is -0.491 e. The van der Waals surface area contributed by atoms with Crippen LogP contribution in [0.5, 0.6) is 5.75 Å². The first-order valence-corrected chi connectivity index (χ1v) is 8.44. The average molecular weight is 279 g/mol. The van der Waals surface area contributed by atoms with Crippen molar-refractivity contribution in [2.75, 3.05) is 18.1 Å². The molecule has 0 bridgehead atoms. The zero-order valence-corrected chi connectivity index (χ0v) is 13.0. The molecule has 2 nitrogen and oxygen atoms in total. The van der Waals surface area contributed by atoms with E-state index in [4.69, 9.17) is 4.74 Å². The maximum absolute atomic E-state index is 5.99. The summed E-state index contributed by atoms with van der Waals surface area (Å²) in [6.07, 6.45) is 1.53. The minimum atomic E-state index is 0.223. The summed E-state index contributed by atoms with van der Waals surface area (Å²) in [4.78, 5) is 0. The summed E-state index contributed by atoms with van der Waals surface area (Å²) in [7, 11) is 0. The summed E-state index contributed by atoms with van der Waals surface area (Å²) in [6, 6.07) is 8.92. The van der Waals surface area contributed by atoms with E-state index in [0.717, 1.165) is 18.2 Å². The van der Waals surface area contributed by atoms with Crippen LogP contribution in [0.3, 0.4) is 0 Å². The van der Waals surface area contributed by atoms with E-state index < -0.39 is 0 Å². The summed E-state index contributed by atoms with van der Waals surface area (Å²) in [5.41, 5.74) is 1.32. The van der Waals surface area contributed by atoms with E-state index in [0.29, 0.717) is 6.04 Å². The monoisotopic (exact) mass is 279 g/mol. The quantitative estimate of drug-likeness (QED) is 0.854. The average Bonchev–Trinajstić information content (AvgIpc) is 2.90. The maximum Gasteiger partial charge on any atom is 0.124 e. The van der Waals surface area contributed by atoms with E-state index in [-0.39, 0.29) is 6.10 Å². The number of hydrogen-bond donors (Lipinski definition) is 1. The molecule has 106 valence electrons. The molecule has 0 radical (unpaired) electrons. The molecule has 0 saturated carbocycles. The molecule has 1 fully saturated rings. The zero-order valence-electron chi connectivity index (χ0n) is 12.2. The van der Waals surface area contributed by atoms with E-state index in [2.05, 4.69) is 62.1 Å². The Morgan fingerprint density at radius 2 is 2.16 bits per heavy atom. The Bertz CT molecular complexity index is 388. The number of thioether (sulfide) groups is 1. The Morgan fingerprint density at radius 3 is 2.79 bits per heavy atom. The van der Waals surface area contributed by atoms with Crippen molar-refractivity contribution < 1.29 is 4.74 Å². The Morgan fingerprint density at radius 1 is 1.37 bits per heavy atom. The molecule has 0 aromatic heterocycles. The summed E-state index contributed by atoms with van der Waals surface area (Å²) < 4.78 is 5.99. The molecule has 2 unspecified atom stereocenters. The lowest BCUT2D eigenvalue weighted by atomic mass is 9.91. The van der Waals surface area contributed by atoms with E-state index >= 15 is 0 Å². The topological polar surface area (TPSA) is 21.3 Å². The number of rotatable bonds is 6. The molecular weight excluding hydrogens is 254 g/mol. The van der Waals surface area contributed by atoms with Crippen molar-refractivity contribution in [1.82, 2.24) is 5.32 Å². The maximum atomic E-state index is 5.99. The first-order chi connectivity index (χ1) is 9.22. The fourth-order valence-electron chi connectivity index (χ4n) is 2.66. The van der Waals surface area contributed by atoms with Crippen LogP contribution in [-0.2, 0) is 0 Å². The largest absolute Gasteiger partial charge is 0.491 e. The van der Waals surface area contributed by atoms with E-state index in [1.165, 1.54) is 23.5 Å². The van der Waals surface area contributed by atoms with Crippen LogP contribution in [0.4, 0.5) is 0 Å². The first kappa shape index (κ1) is 14.7. The number of hydrogen-bond acceptors (Lipinski definition) is 3. The van der Waals surface area contributed by atoms with Gasteiger partial charge in [-0.15, -0.1) is 0 Å². The number of nitrogens with one attached hydrogen (secondary N) is 1. The Kier molecular flexibility index (Phi) is 5.59. The fourth-order valence-corrected chi connectivity index (χ4v) is 3.96. The Hall–Kier alpha value is -0.670. The lowest BCUT2D eigenvalue weighted by Crippen LogP contribution is -2.29. The van der Waals surface area contributed by atoms with Gasteiger partial charge >= 0.3 is 0 Å². The van der Waals surface area contributed by atoms with Gasteiger partial charge < -0.3 is 10.1 Å². The van der Waals surface area contributed by atoms with Crippen molar-refractivity contribution in [3.8, 4) is 5.75 Å². The molecule has 19 heavy (non-hydrogen) atoms. The molecule has 3 heteroatoms.